The fourth-order valence-electron chi connectivity index (χ4n) is 2.87. The van der Waals surface area contributed by atoms with E-state index < -0.39 is 33.4 Å². The van der Waals surface area contributed by atoms with Gasteiger partial charge in [-0.05, 0) is 24.5 Å². The fraction of sp³-hybridized carbons (Fsp3) is 0.579. The Bertz CT molecular complexity index is 759. The number of hydrogen-bond donors (Lipinski definition) is 3. The number of hydrogen-bond acceptors (Lipinski definition) is 5. The van der Waals surface area contributed by atoms with E-state index in [2.05, 4.69) is 6.92 Å². The van der Waals surface area contributed by atoms with Crippen LogP contribution < -0.4 is 4.74 Å². The number of benzene rings is 1. The molecule has 0 saturated heterocycles. The summed E-state index contributed by atoms with van der Waals surface area (Å²) in [7, 11) is -5.38. The van der Waals surface area contributed by atoms with Gasteiger partial charge in [-0.1, -0.05) is 63.6 Å². The first-order valence-corrected chi connectivity index (χ1v) is 10.8. The molecule has 0 aliphatic heterocycles. The summed E-state index contributed by atoms with van der Waals surface area (Å²) in [5.41, 5.74) is 0.552. The van der Waals surface area contributed by atoms with Crippen molar-refractivity contribution in [2.75, 3.05) is 0 Å². The summed E-state index contributed by atoms with van der Waals surface area (Å²) in [6.45, 7) is 2.14. The Morgan fingerprint density at radius 3 is 2.11 bits per heavy atom. The van der Waals surface area contributed by atoms with E-state index in [0.29, 0.717) is 12.0 Å². The normalized spacial score (nSPS) is 13.6. The smallest absolute Gasteiger partial charge is 0.367 e. The van der Waals surface area contributed by atoms with Crippen molar-refractivity contribution in [3.8, 4) is 5.75 Å². The standard InChI is InChI=1S/C19H28O8S/c1-2-3-4-5-6-7-8-11-15-12-9-10-13-16(15)27-19(18(22)23,14-17(20)21)28(24,25)26/h9-10,12-13H,2-8,11,14H2,1H3,(H,20,21)(H,22,23)(H,24,25,26). The molecule has 0 bridgehead atoms. The molecule has 28 heavy (non-hydrogen) atoms. The molecule has 3 N–H and O–H groups in total. The number of carboxylic acids is 2. The van der Waals surface area contributed by atoms with Crippen LogP contribution in [0.25, 0.3) is 0 Å². The Morgan fingerprint density at radius 1 is 1.00 bits per heavy atom. The Labute approximate surface area is 165 Å². The highest BCUT2D eigenvalue weighted by Crippen LogP contribution is 2.30. The second-order valence-corrected chi connectivity index (χ2v) is 8.29. The molecule has 0 amide bonds. The molecule has 1 atom stereocenters. The molecule has 0 spiro atoms. The molecule has 1 aromatic rings. The fourth-order valence-corrected chi connectivity index (χ4v) is 3.59. The lowest BCUT2D eigenvalue weighted by molar-refractivity contribution is -0.155. The van der Waals surface area contributed by atoms with E-state index in [9.17, 15) is 27.7 Å². The van der Waals surface area contributed by atoms with Gasteiger partial charge in [-0.25, -0.2) is 4.79 Å². The number of aryl methyl sites for hydroxylation is 1. The number of ether oxygens (including phenoxy) is 1. The molecule has 1 rings (SSSR count). The maximum absolute atomic E-state index is 11.7. The zero-order valence-corrected chi connectivity index (χ0v) is 16.8. The Hall–Kier alpha value is -2.13. The predicted octanol–water partition coefficient (Wildman–Crippen LogP) is 3.50. The minimum absolute atomic E-state index is 0.0743. The van der Waals surface area contributed by atoms with Gasteiger partial charge in [-0.3, -0.25) is 9.35 Å². The summed E-state index contributed by atoms with van der Waals surface area (Å²) in [4.78, 5) is 19.3. The molecule has 0 fully saturated rings. The van der Waals surface area contributed by atoms with Gasteiger partial charge >= 0.3 is 27.0 Å². The second kappa shape index (κ2) is 11.0. The molecule has 158 valence electrons. The van der Waals surface area contributed by atoms with E-state index in [0.717, 1.165) is 25.7 Å². The first-order chi connectivity index (χ1) is 13.1. The van der Waals surface area contributed by atoms with Gasteiger partial charge in [-0.2, -0.15) is 8.42 Å². The molecule has 0 aliphatic rings. The summed E-state index contributed by atoms with van der Waals surface area (Å²) in [5, 5.41) is 18.3. The molecule has 1 unspecified atom stereocenters. The van der Waals surface area contributed by atoms with Gasteiger partial charge in [0.15, 0.2) is 0 Å². The van der Waals surface area contributed by atoms with E-state index in [1.165, 1.54) is 31.4 Å². The van der Waals surface area contributed by atoms with Crippen LogP contribution in [0.5, 0.6) is 5.75 Å². The van der Waals surface area contributed by atoms with Gasteiger partial charge in [0, 0.05) is 0 Å². The van der Waals surface area contributed by atoms with Crippen molar-refractivity contribution in [1.82, 2.24) is 0 Å². The monoisotopic (exact) mass is 416 g/mol. The minimum atomic E-state index is -5.38. The highest BCUT2D eigenvalue weighted by Gasteiger charge is 2.56. The van der Waals surface area contributed by atoms with Crippen LogP contribution in [0.4, 0.5) is 0 Å². The number of carbonyl (C=O) groups is 2. The summed E-state index contributed by atoms with van der Waals surface area (Å²) in [6, 6.07) is 6.22. The molecule has 1 aromatic carbocycles. The lowest BCUT2D eigenvalue weighted by Gasteiger charge is -2.26. The lowest BCUT2D eigenvalue weighted by atomic mass is 10.0. The Kier molecular flexibility index (Phi) is 9.40. The number of aliphatic carboxylic acids is 2. The van der Waals surface area contributed by atoms with Crippen LogP contribution in [0.15, 0.2) is 24.3 Å². The van der Waals surface area contributed by atoms with Crippen molar-refractivity contribution < 1.29 is 37.5 Å². The summed E-state index contributed by atoms with van der Waals surface area (Å²) in [6.07, 6.45) is 6.56. The van der Waals surface area contributed by atoms with E-state index >= 15 is 0 Å². The average molecular weight is 416 g/mol. The third-order valence-corrected chi connectivity index (χ3v) is 5.66. The molecule has 9 heteroatoms. The van der Waals surface area contributed by atoms with Gasteiger partial charge < -0.3 is 14.9 Å². The molecule has 0 radical (unpaired) electrons. The van der Waals surface area contributed by atoms with Crippen LogP contribution in [0, 0.1) is 0 Å². The number of rotatable bonds is 14. The van der Waals surface area contributed by atoms with Crippen molar-refractivity contribution in [1.29, 1.82) is 0 Å². The quantitative estimate of drug-likeness (QED) is 0.309. The van der Waals surface area contributed by atoms with Gasteiger partial charge in [0.25, 0.3) is 0 Å². The number of para-hydroxylation sites is 1. The maximum Gasteiger partial charge on any atom is 0.367 e. The van der Waals surface area contributed by atoms with Crippen molar-refractivity contribution in [3.63, 3.8) is 0 Å². The van der Waals surface area contributed by atoms with Gasteiger partial charge in [0.1, 0.15) is 12.2 Å². The SMILES string of the molecule is CCCCCCCCCc1ccccc1OC(CC(=O)O)(C(=O)O)S(=O)(=O)O. The van der Waals surface area contributed by atoms with Crippen LogP contribution in [0.3, 0.4) is 0 Å². The topological polar surface area (TPSA) is 138 Å². The van der Waals surface area contributed by atoms with E-state index in [1.807, 2.05) is 0 Å². The van der Waals surface area contributed by atoms with Crippen LogP contribution in [-0.4, -0.2) is 40.1 Å². The lowest BCUT2D eigenvalue weighted by Crippen LogP contribution is -2.53. The zero-order chi connectivity index (χ0) is 21.2. The molecular formula is C19H28O8S. The van der Waals surface area contributed by atoms with Crippen molar-refractivity contribution in [2.45, 2.75) is 69.6 Å². The van der Waals surface area contributed by atoms with Crippen LogP contribution in [0.2, 0.25) is 0 Å². The highest BCUT2D eigenvalue weighted by molar-refractivity contribution is 7.88. The van der Waals surface area contributed by atoms with E-state index in [1.54, 1.807) is 12.1 Å². The molecule has 0 saturated carbocycles. The average Bonchev–Trinajstić information content (AvgIpc) is 2.60. The van der Waals surface area contributed by atoms with E-state index in [4.69, 9.17) is 9.84 Å². The molecular weight excluding hydrogens is 388 g/mol. The first kappa shape index (κ1) is 23.9. The van der Waals surface area contributed by atoms with Crippen LogP contribution in [-0.2, 0) is 26.1 Å². The number of unbranched alkanes of at least 4 members (excludes halogenated alkanes) is 6. The molecule has 8 nitrogen and oxygen atoms in total. The summed E-state index contributed by atoms with van der Waals surface area (Å²) in [5.74, 6) is -3.90. The predicted molar refractivity (Wildman–Crippen MR) is 103 cm³/mol. The van der Waals surface area contributed by atoms with Gasteiger partial charge in [0.05, 0.1) is 0 Å². The third kappa shape index (κ3) is 6.79. The van der Waals surface area contributed by atoms with Crippen LogP contribution >= 0.6 is 0 Å². The van der Waals surface area contributed by atoms with E-state index in [-0.39, 0.29) is 5.75 Å². The summed E-state index contributed by atoms with van der Waals surface area (Å²) < 4.78 is 38.0. The first-order valence-electron chi connectivity index (χ1n) is 9.33. The highest BCUT2D eigenvalue weighted by atomic mass is 32.2. The van der Waals surface area contributed by atoms with Crippen molar-refractivity contribution in [2.24, 2.45) is 0 Å². The van der Waals surface area contributed by atoms with Crippen molar-refractivity contribution >= 4 is 22.1 Å². The third-order valence-electron chi connectivity index (χ3n) is 4.42. The Balaban J connectivity index is 2.94. The minimum Gasteiger partial charge on any atom is -0.481 e. The van der Waals surface area contributed by atoms with Gasteiger partial charge in [-0.15, -0.1) is 0 Å². The van der Waals surface area contributed by atoms with Crippen molar-refractivity contribution in [3.05, 3.63) is 29.8 Å². The second-order valence-electron chi connectivity index (χ2n) is 6.68. The summed E-state index contributed by atoms with van der Waals surface area (Å²) >= 11 is 0. The molecule has 0 heterocycles. The Morgan fingerprint density at radius 2 is 1.57 bits per heavy atom. The van der Waals surface area contributed by atoms with Crippen LogP contribution in [0.1, 0.15) is 63.9 Å². The van der Waals surface area contributed by atoms with Gasteiger partial charge in [0.2, 0.25) is 0 Å². The maximum atomic E-state index is 11.7. The zero-order valence-electron chi connectivity index (χ0n) is 16.0. The largest absolute Gasteiger partial charge is 0.481 e. The molecule has 0 aliphatic carbocycles. The number of carboxylic acid groups (broad SMARTS) is 2. The molecule has 0 aromatic heterocycles.